The van der Waals surface area contributed by atoms with Gasteiger partial charge < -0.3 is 4.74 Å². The molecule has 0 saturated carbocycles. The maximum Gasteiger partial charge on any atom is 0.347 e. The number of nitro groups is 1. The van der Waals surface area contributed by atoms with Crippen LogP contribution in [0, 0.1) is 10.1 Å². The number of aliphatic imine (C=N–C) groups is 1. The lowest BCUT2D eigenvalue weighted by atomic mass is 10.3. The van der Waals surface area contributed by atoms with Crippen molar-refractivity contribution in [2.24, 2.45) is 4.99 Å². The molecule has 0 rings (SSSR count). The highest BCUT2D eigenvalue weighted by Gasteiger charge is 2.22. The lowest BCUT2D eigenvalue weighted by Gasteiger charge is -2.16. The predicted octanol–water partition coefficient (Wildman–Crippen LogP) is 3.25. The Morgan fingerprint density at radius 1 is 1.16 bits per heavy atom. The number of hydrogen-bond acceptors (Lipinski definition) is 4. The first-order chi connectivity index (χ1) is 9.17. The fourth-order valence-electron chi connectivity index (χ4n) is 1.40. The van der Waals surface area contributed by atoms with E-state index < -0.39 is 5.03 Å². The van der Waals surface area contributed by atoms with Gasteiger partial charge in [0.1, 0.15) is 0 Å². The minimum Gasteiger partial charge on any atom is -0.462 e. The molecule has 0 aliphatic rings. The van der Waals surface area contributed by atoms with Gasteiger partial charge in [-0.15, -0.1) is 0 Å². The monoisotopic (exact) mass is 273 g/mol. The minimum atomic E-state index is -0.424. The average Bonchev–Trinajstić information content (AvgIpc) is 2.38. The number of amidine groups is 1. The van der Waals surface area contributed by atoms with Crippen LogP contribution in [0.3, 0.4) is 0 Å². The zero-order valence-corrected chi connectivity index (χ0v) is 12.4. The average molecular weight is 273 g/mol. The van der Waals surface area contributed by atoms with Crippen LogP contribution in [-0.4, -0.2) is 35.8 Å². The van der Waals surface area contributed by atoms with Crippen molar-refractivity contribution in [1.29, 1.82) is 0 Å². The first kappa shape index (κ1) is 17.7. The number of nitrogens with zero attached hydrogens (tertiary/aromatic N) is 3. The van der Waals surface area contributed by atoms with Gasteiger partial charge in [0, 0.05) is 6.54 Å². The molecule has 0 aromatic heterocycles. The fraction of sp³-hybridized carbons (Fsp3) is 0.923. The predicted molar refractivity (Wildman–Crippen MR) is 76.7 cm³/mol. The van der Waals surface area contributed by atoms with Gasteiger partial charge in [0.2, 0.25) is 0 Å². The van der Waals surface area contributed by atoms with Crippen LogP contribution in [0.15, 0.2) is 4.99 Å². The summed E-state index contributed by atoms with van der Waals surface area (Å²) < 4.78 is 5.48. The van der Waals surface area contributed by atoms with Gasteiger partial charge in [0.25, 0.3) is 0 Å². The van der Waals surface area contributed by atoms with Crippen LogP contribution >= 0.6 is 0 Å². The summed E-state index contributed by atoms with van der Waals surface area (Å²) in [7, 11) is 0. The van der Waals surface area contributed by atoms with Crippen LogP contribution in [0.1, 0.15) is 59.3 Å². The lowest BCUT2D eigenvalue weighted by Crippen LogP contribution is -2.39. The summed E-state index contributed by atoms with van der Waals surface area (Å²) in [5.74, 6) is 0. The molecule has 0 aromatic carbocycles. The Morgan fingerprint density at radius 2 is 1.79 bits per heavy atom. The fourth-order valence-corrected chi connectivity index (χ4v) is 1.40. The summed E-state index contributed by atoms with van der Waals surface area (Å²) in [5.41, 5.74) is 0. The van der Waals surface area contributed by atoms with Crippen molar-refractivity contribution in [2.45, 2.75) is 59.3 Å². The molecule has 0 unspecified atom stereocenters. The second-order valence-corrected chi connectivity index (χ2v) is 4.43. The van der Waals surface area contributed by atoms with E-state index in [0.29, 0.717) is 19.7 Å². The third-order valence-corrected chi connectivity index (χ3v) is 2.63. The van der Waals surface area contributed by atoms with Crippen molar-refractivity contribution in [3.63, 3.8) is 0 Å². The Hall–Kier alpha value is -1.33. The van der Waals surface area contributed by atoms with E-state index in [1.807, 2.05) is 6.92 Å². The van der Waals surface area contributed by atoms with Crippen molar-refractivity contribution in [1.82, 2.24) is 5.01 Å². The Morgan fingerprint density at radius 3 is 2.32 bits per heavy atom. The molecule has 0 amide bonds. The Bertz CT molecular complexity index is 270. The van der Waals surface area contributed by atoms with E-state index in [-0.39, 0.29) is 6.02 Å². The van der Waals surface area contributed by atoms with Gasteiger partial charge in [-0.1, -0.05) is 40.0 Å². The molecule has 0 bridgehead atoms. The highest BCUT2D eigenvalue weighted by Crippen LogP contribution is 2.02. The van der Waals surface area contributed by atoms with Crippen LogP contribution in [0.25, 0.3) is 0 Å². The van der Waals surface area contributed by atoms with E-state index in [0.717, 1.165) is 43.5 Å². The maximum absolute atomic E-state index is 11.1. The van der Waals surface area contributed by atoms with Gasteiger partial charge >= 0.3 is 6.02 Å². The minimum absolute atomic E-state index is 0.167. The number of hydrogen-bond donors (Lipinski definition) is 0. The first-order valence-corrected chi connectivity index (χ1v) is 7.26. The molecule has 112 valence electrons. The van der Waals surface area contributed by atoms with Crippen molar-refractivity contribution in [2.75, 3.05) is 19.7 Å². The Kier molecular flexibility index (Phi) is 10.9. The van der Waals surface area contributed by atoms with E-state index in [4.69, 9.17) is 4.74 Å². The third-order valence-electron chi connectivity index (χ3n) is 2.63. The molecule has 0 heterocycles. The third kappa shape index (κ3) is 8.40. The SMILES string of the molecule is CCCCN=C(OCCCC)N(CCCC)[N+](=O)[O-]. The Balaban J connectivity index is 4.61. The van der Waals surface area contributed by atoms with Crippen LogP contribution in [0.2, 0.25) is 0 Å². The molecule has 0 saturated heterocycles. The summed E-state index contributed by atoms with van der Waals surface area (Å²) >= 11 is 0. The van der Waals surface area contributed by atoms with Gasteiger partial charge in [0.05, 0.1) is 13.2 Å². The van der Waals surface area contributed by atoms with Crippen LogP contribution < -0.4 is 0 Å². The summed E-state index contributed by atoms with van der Waals surface area (Å²) in [6.07, 6.45) is 5.47. The molecule has 6 heteroatoms. The zero-order chi connectivity index (χ0) is 14.5. The zero-order valence-electron chi connectivity index (χ0n) is 12.4. The quantitative estimate of drug-likeness (QED) is 0.201. The normalized spacial score (nSPS) is 11.4. The van der Waals surface area contributed by atoms with E-state index in [1.165, 1.54) is 0 Å². The van der Waals surface area contributed by atoms with Crippen molar-refractivity contribution in [3.8, 4) is 0 Å². The highest BCUT2D eigenvalue weighted by molar-refractivity contribution is 5.72. The maximum atomic E-state index is 11.1. The van der Waals surface area contributed by atoms with Gasteiger partial charge in [-0.05, 0) is 24.3 Å². The van der Waals surface area contributed by atoms with Gasteiger partial charge in [-0.3, -0.25) is 0 Å². The van der Waals surface area contributed by atoms with E-state index in [2.05, 4.69) is 18.8 Å². The molecule has 0 aliphatic heterocycles. The van der Waals surface area contributed by atoms with Crippen LogP contribution in [0.5, 0.6) is 0 Å². The number of ether oxygens (including phenoxy) is 1. The van der Waals surface area contributed by atoms with Crippen molar-refractivity contribution in [3.05, 3.63) is 10.1 Å². The standard InChI is InChI=1S/C13H27N3O3/c1-4-7-10-14-13(19-12-9-6-3)15(16(17)18)11-8-5-2/h4-12H2,1-3H3. The largest absolute Gasteiger partial charge is 0.462 e. The molecule has 0 aliphatic carbocycles. The summed E-state index contributed by atoms with van der Waals surface area (Å²) in [6.45, 7) is 7.53. The molecule has 19 heavy (non-hydrogen) atoms. The molecule has 0 aromatic rings. The first-order valence-electron chi connectivity index (χ1n) is 7.26. The molecule has 0 fully saturated rings. The smallest absolute Gasteiger partial charge is 0.347 e. The molecule has 0 spiro atoms. The molecule has 0 N–H and O–H groups in total. The second kappa shape index (κ2) is 11.7. The van der Waals surface area contributed by atoms with Gasteiger partial charge in [-0.2, -0.15) is 0 Å². The van der Waals surface area contributed by atoms with Crippen LogP contribution in [-0.2, 0) is 4.74 Å². The molecule has 0 atom stereocenters. The van der Waals surface area contributed by atoms with Gasteiger partial charge in [-0.25, -0.2) is 15.1 Å². The number of unbranched alkanes of at least 4 members (excludes halogenated alkanes) is 3. The summed E-state index contributed by atoms with van der Waals surface area (Å²) in [5, 5.41) is 11.7. The summed E-state index contributed by atoms with van der Waals surface area (Å²) in [4.78, 5) is 15.3. The molecule has 6 nitrogen and oxygen atoms in total. The molecule has 0 radical (unpaired) electrons. The van der Waals surface area contributed by atoms with E-state index in [9.17, 15) is 10.1 Å². The highest BCUT2D eigenvalue weighted by atomic mass is 16.7. The van der Waals surface area contributed by atoms with Crippen molar-refractivity contribution < 1.29 is 9.77 Å². The number of hydrazine groups is 1. The van der Waals surface area contributed by atoms with Crippen molar-refractivity contribution >= 4 is 6.02 Å². The van der Waals surface area contributed by atoms with E-state index in [1.54, 1.807) is 0 Å². The van der Waals surface area contributed by atoms with Gasteiger partial charge in [0.15, 0.2) is 5.03 Å². The Labute approximate surface area is 116 Å². The van der Waals surface area contributed by atoms with E-state index >= 15 is 0 Å². The number of rotatable bonds is 10. The molecular weight excluding hydrogens is 246 g/mol. The topological polar surface area (TPSA) is 68.0 Å². The summed E-state index contributed by atoms with van der Waals surface area (Å²) in [6, 6.07) is 0.167. The second-order valence-electron chi connectivity index (χ2n) is 4.43. The lowest BCUT2D eigenvalue weighted by molar-refractivity contribution is -0.632. The molecular formula is C13H27N3O3. The van der Waals surface area contributed by atoms with Crippen LogP contribution in [0.4, 0.5) is 0 Å².